The smallest absolute Gasteiger partial charge is 0.759 e. The van der Waals surface area contributed by atoms with Crippen molar-refractivity contribution >= 4 is 44.2 Å². The van der Waals surface area contributed by atoms with Gasteiger partial charge in [0, 0.05) is 16.8 Å². The summed E-state index contributed by atoms with van der Waals surface area (Å²) in [6.45, 7) is 0. The Labute approximate surface area is 203 Å². The van der Waals surface area contributed by atoms with E-state index in [9.17, 15) is 15.0 Å². The minimum atomic E-state index is -5.17. The third-order valence-electron chi connectivity index (χ3n) is 4.54. The second kappa shape index (κ2) is 12.3. The van der Waals surface area contributed by atoms with Crippen molar-refractivity contribution < 1.29 is 61.2 Å². The molecule has 33 heavy (non-hydrogen) atoms. The molecule has 18 heteroatoms. The van der Waals surface area contributed by atoms with Gasteiger partial charge in [-0.3, -0.25) is 17.8 Å². The summed E-state index contributed by atoms with van der Waals surface area (Å²) in [5.74, 6) is 0.254. The molecule has 0 spiro atoms. The minimum Gasteiger partial charge on any atom is -0.759 e. The predicted octanol–water partition coefficient (Wildman–Crippen LogP) is -6.26. The van der Waals surface area contributed by atoms with E-state index in [1.165, 1.54) is 17.2 Å². The van der Waals surface area contributed by atoms with Crippen LogP contribution < -0.4 is 30.3 Å². The Morgan fingerprint density at radius 2 is 1.91 bits per heavy atom. The molecule has 2 aromatic rings. The van der Waals surface area contributed by atoms with E-state index in [-0.39, 0.29) is 35.6 Å². The maximum absolute atomic E-state index is 10.8. The molecule has 1 unspecified atom stereocenters. The van der Waals surface area contributed by atoms with Crippen LogP contribution in [0, 0.1) is 0 Å². The number of rotatable bonds is 7. The summed E-state index contributed by atoms with van der Waals surface area (Å²) in [4.78, 5) is 23.0. The summed E-state index contributed by atoms with van der Waals surface area (Å²) in [6.07, 6.45) is 1.31. The summed E-state index contributed by atoms with van der Waals surface area (Å²) in [6, 6.07) is -0.907. The number of nitrogen functional groups attached to an aromatic ring is 1. The molecule has 6 atom stereocenters. The average molecular weight is 502 g/mol. The van der Waals surface area contributed by atoms with Gasteiger partial charge in [-0.15, -0.1) is 0 Å². The van der Waals surface area contributed by atoms with Crippen LogP contribution >= 0.6 is 0 Å². The number of fused-ring (bicyclic) bond motifs is 1. The topological polar surface area (TPSA) is 263 Å². The fourth-order valence-electron chi connectivity index (χ4n) is 2.97. The normalized spacial score (nSPS) is 24.4. The van der Waals surface area contributed by atoms with E-state index < -0.39 is 46.9 Å². The second-order valence-corrected chi connectivity index (χ2v) is 10.0. The van der Waals surface area contributed by atoms with Crippen LogP contribution in [-0.4, -0.2) is 100 Å². The maximum Gasteiger partial charge on any atom is 1.00 e. The quantitative estimate of drug-likeness (QED) is 0.102. The molecule has 15 nitrogen and oxygen atoms in total. The summed E-state index contributed by atoms with van der Waals surface area (Å²) < 4.78 is 41.5. The van der Waals surface area contributed by atoms with E-state index in [0.717, 1.165) is 0 Å². The molecule has 1 fully saturated rings. The second-order valence-electron chi connectivity index (χ2n) is 6.92. The Morgan fingerprint density at radius 1 is 1.30 bits per heavy atom. The van der Waals surface area contributed by atoms with Crippen LogP contribution in [0.2, 0.25) is 0 Å². The molecule has 0 aliphatic carbocycles. The molecule has 3 rings (SSSR count). The number of carboxylic acids is 1. The van der Waals surface area contributed by atoms with E-state index in [2.05, 4.69) is 15.0 Å². The number of carboxylic acid groups (broad SMARTS) is 1. The Hall–Kier alpha value is -1.52. The molecule has 180 valence electrons. The van der Waals surface area contributed by atoms with E-state index in [4.69, 9.17) is 38.8 Å². The van der Waals surface area contributed by atoms with Gasteiger partial charge in [0.25, 0.3) is 0 Å². The van der Waals surface area contributed by atoms with Gasteiger partial charge in [-0.25, -0.2) is 15.0 Å². The third kappa shape index (κ3) is 8.33. The molecule has 1 saturated heterocycles. The molecular weight excluding hydrogens is 479 g/mol. The van der Waals surface area contributed by atoms with E-state index in [1.54, 1.807) is 0 Å². The van der Waals surface area contributed by atoms with Gasteiger partial charge in [0.1, 0.15) is 47.7 Å². The molecule has 0 saturated carbocycles. The minimum absolute atomic E-state index is 0. The number of aliphatic hydroxyl groups excluding tert-OH is 2. The van der Waals surface area contributed by atoms with Crippen LogP contribution in [0.5, 0.6) is 0 Å². The molecule has 0 radical (unpaired) electrons. The van der Waals surface area contributed by atoms with Crippen molar-refractivity contribution in [3.63, 3.8) is 0 Å². The van der Waals surface area contributed by atoms with Crippen molar-refractivity contribution in [2.45, 2.75) is 37.0 Å². The zero-order valence-corrected chi connectivity index (χ0v) is 19.3. The molecular formula is C15H23LiN6O9S2. The van der Waals surface area contributed by atoms with Gasteiger partial charge in [-0.05, 0) is 10.9 Å². The number of aromatic nitrogens is 4. The number of imidazole rings is 1. The summed E-state index contributed by atoms with van der Waals surface area (Å²) in [5, 5.41) is 29.7. The van der Waals surface area contributed by atoms with Gasteiger partial charge < -0.3 is 40.6 Å². The van der Waals surface area contributed by atoms with Gasteiger partial charge in [0.15, 0.2) is 17.7 Å². The van der Waals surface area contributed by atoms with Gasteiger partial charge in [-0.2, -0.15) is 0 Å². The Bertz CT molecular complexity index is 1030. The molecule has 0 bridgehead atoms. The van der Waals surface area contributed by atoms with Crippen molar-refractivity contribution in [2.75, 3.05) is 23.5 Å². The van der Waals surface area contributed by atoms with Crippen LogP contribution in [0.25, 0.3) is 11.2 Å². The summed E-state index contributed by atoms with van der Waals surface area (Å²) in [5.41, 5.74) is 12.1. The first kappa shape index (κ1) is 29.5. The van der Waals surface area contributed by atoms with Crippen molar-refractivity contribution in [3.8, 4) is 0 Å². The predicted molar refractivity (Wildman–Crippen MR) is 109 cm³/mol. The first-order valence-corrected chi connectivity index (χ1v) is 12.3. The first-order valence-electron chi connectivity index (χ1n) is 8.98. The van der Waals surface area contributed by atoms with Crippen LogP contribution in [0.1, 0.15) is 12.6 Å². The van der Waals surface area contributed by atoms with Gasteiger partial charge >= 0.3 is 24.8 Å². The molecule has 7 N–H and O–H groups in total. The van der Waals surface area contributed by atoms with Crippen LogP contribution in [0.15, 0.2) is 12.7 Å². The maximum atomic E-state index is 10.8. The van der Waals surface area contributed by atoms with Gasteiger partial charge in [0.2, 0.25) is 0 Å². The van der Waals surface area contributed by atoms with Crippen LogP contribution in [0.4, 0.5) is 5.82 Å². The number of hydrogen-bond acceptors (Lipinski definition) is 13. The molecule has 2 aromatic heterocycles. The standard InChI is InChI=1S/C15H22N6O5S.Li.H2O4S/c1-27(3-2-7(16)15(24)25)4-8-10(22)11(23)14(26-8)21-6-20-9-12(17)18-5-19-13(9)21;;1-5(2,3)4/h5-8,10-11,14,22-23H,2-4,16H2,1H3,(H2-,17,18,19,24,25);;(H2,1,2,3,4)/q;+1;/p-1/t7-,8+,10+,11+,14+,27?;;/m0../s1. The summed E-state index contributed by atoms with van der Waals surface area (Å²) in [7, 11) is -5.40. The number of ether oxygens (including phenoxy) is 1. The molecule has 3 heterocycles. The van der Waals surface area contributed by atoms with E-state index in [1.807, 2.05) is 6.26 Å². The van der Waals surface area contributed by atoms with Crippen molar-refractivity contribution in [3.05, 3.63) is 12.7 Å². The average Bonchev–Trinajstić information content (AvgIpc) is 3.22. The number of hydrogen-bond donors (Lipinski definition) is 5. The Morgan fingerprint density at radius 3 is 2.48 bits per heavy atom. The van der Waals surface area contributed by atoms with Gasteiger partial charge in [-0.1, -0.05) is 0 Å². The third-order valence-corrected chi connectivity index (χ3v) is 6.37. The number of anilines is 1. The van der Waals surface area contributed by atoms with Crippen LogP contribution in [-0.2, 0) is 30.8 Å². The SMILES string of the molecule is C[S+](CC[C@H](N)C(=O)O)C[C@H]1O[C@@H](n2cnc3c(N)ncnc32)[C@H](O)[C@@H]1O.O=S(=O)([O-])[O-].[Li+]. The van der Waals surface area contributed by atoms with Crippen molar-refractivity contribution in [1.29, 1.82) is 0 Å². The Balaban J connectivity index is 0.000000821. The number of nitrogens with zero attached hydrogens (tertiary/aromatic N) is 4. The summed E-state index contributed by atoms with van der Waals surface area (Å²) >= 11 is 0. The van der Waals surface area contributed by atoms with Gasteiger partial charge in [0.05, 0.1) is 12.6 Å². The number of aliphatic hydroxyl groups is 2. The largest absolute Gasteiger partial charge is 1.00 e. The van der Waals surface area contributed by atoms with Crippen molar-refractivity contribution in [1.82, 2.24) is 19.5 Å². The Kier molecular flexibility index (Phi) is 11.0. The zero-order chi connectivity index (χ0) is 24.2. The zero-order valence-electron chi connectivity index (χ0n) is 17.7. The molecule has 1 aliphatic heterocycles. The fraction of sp³-hybridized carbons (Fsp3) is 0.600. The van der Waals surface area contributed by atoms with Crippen LogP contribution in [0.3, 0.4) is 0 Å². The fourth-order valence-corrected chi connectivity index (χ4v) is 4.63. The molecule has 1 aliphatic rings. The molecule has 0 aromatic carbocycles. The van der Waals surface area contributed by atoms with E-state index in [0.29, 0.717) is 29.1 Å². The van der Waals surface area contributed by atoms with Crippen molar-refractivity contribution in [2.24, 2.45) is 5.73 Å². The first-order chi connectivity index (χ1) is 14.8. The number of aliphatic carboxylic acids is 1. The number of nitrogens with two attached hydrogens (primary N) is 2. The molecule has 0 amide bonds. The monoisotopic (exact) mass is 502 g/mol. The number of carbonyl (C=O) groups is 1. The van der Waals surface area contributed by atoms with E-state index >= 15 is 0 Å².